The normalized spacial score (nSPS) is 18.9. The lowest BCUT2D eigenvalue weighted by molar-refractivity contribution is 0.0755. The number of rotatable bonds is 7. The zero-order valence-electron chi connectivity index (χ0n) is 15.6. The van der Waals surface area contributed by atoms with Crippen LogP contribution in [0.5, 0.6) is 0 Å². The second kappa shape index (κ2) is 8.81. The lowest BCUT2D eigenvalue weighted by Crippen LogP contribution is -2.41. The molecule has 25 heavy (non-hydrogen) atoms. The van der Waals surface area contributed by atoms with E-state index >= 15 is 0 Å². The van der Waals surface area contributed by atoms with E-state index in [1.165, 1.54) is 0 Å². The first-order valence-electron chi connectivity index (χ1n) is 9.33. The van der Waals surface area contributed by atoms with Crippen LogP contribution in [0.3, 0.4) is 0 Å². The summed E-state index contributed by atoms with van der Waals surface area (Å²) >= 11 is 0. The number of sulfonamides is 1. The summed E-state index contributed by atoms with van der Waals surface area (Å²) in [5, 5.41) is 0. The van der Waals surface area contributed by atoms with E-state index in [1.54, 1.807) is 28.6 Å². The predicted molar refractivity (Wildman–Crippen MR) is 100 cm³/mol. The molecule has 1 aromatic carbocycles. The van der Waals surface area contributed by atoms with Gasteiger partial charge in [-0.3, -0.25) is 4.79 Å². The van der Waals surface area contributed by atoms with Crippen molar-refractivity contribution in [2.45, 2.75) is 63.8 Å². The Bertz CT molecular complexity index is 664. The molecular weight excluding hydrogens is 336 g/mol. The van der Waals surface area contributed by atoms with Crippen molar-refractivity contribution in [3.8, 4) is 0 Å². The van der Waals surface area contributed by atoms with Gasteiger partial charge < -0.3 is 4.90 Å². The largest absolute Gasteiger partial charge is 0.339 e. The second-order valence-electron chi connectivity index (χ2n) is 6.78. The minimum Gasteiger partial charge on any atom is -0.339 e. The summed E-state index contributed by atoms with van der Waals surface area (Å²) in [6, 6.07) is 6.45. The quantitative estimate of drug-likeness (QED) is 0.742. The maximum atomic E-state index is 12.8. The van der Waals surface area contributed by atoms with Gasteiger partial charge >= 0.3 is 0 Å². The monoisotopic (exact) mass is 366 g/mol. The molecular formula is C19H30N2O3S. The molecule has 1 atom stereocenters. The first-order valence-corrected chi connectivity index (χ1v) is 10.8. The summed E-state index contributed by atoms with van der Waals surface area (Å²) < 4.78 is 27.3. The van der Waals surface area contributed by atoms with Gasteiger partial charge in [-0.1, -0.05) is 20.3 Å². The summed E-state index contributed by atoms with van der Waals surface area (Å²) in [6.07, 6.45) is 4.70. The van der Waals surface area contributed by atoms with E-state index in [4.69, 9.17) is 0 Å². The van der Waals surface area contributed by atoms with E-state index in [2.05, 4.69) is 0 Å². The molecule has 0 spiro atoms. The maximum absolute atomic E-state index is 12.8. The van der Waals surface area contributed by atoms with Gasteiger partial charge in [0.15, 0.2) is 0 Å². The predicted octanol–water partition coefficient (Wildman–Crippen LogP) is 3.51. The summed E-state index contributed by atoms with van der Waals surface area (Å²) in [4.78, 5) is 14.7. The van der Waals surface area contributed by atoms with Gasteiger partial charge in [-0.05, 0) is 56.9 Å². The van der Waals surface area contributed by atoms with Gasteiger partial charge in [0.2, 0.25) is 10.0 Å². The van der Waals surface area contributed by atoms with Crippen LogP contribution in [0.1, 0.15) is 63.2 Å². The standard InChI is InChI=1S/C19H30N2O3S/c1-4-13-20(14-5-2)19(22)17-9-11-18(12-10-17)25(23,24)21-15-7-6-8-16(21)3/h9-12,16H,4-8,13-15H2,1-3H3. The maximum Gasteiger partial charge on any atom is 0.253 e. The minimum atomic E-state index is -3.49. The third-order valence-electron chi connectivity index (χ3n) is 4.72. The van der Waals surface area contributed by atoms with Gasteiger partial charge in [0.25, 0.3) is 5.91 Å². The molecule has 0 N–H and O–H groups in total. The van der Waals surface area contributed by atoms with Crippen LogP contribution in [0.4, 0.5) is 0 Å². The fourth-order valence-electron chi connectivity index (χ4n) is 3.37. The Labute approximate surface area is 152 Å². The van der Waals surface area contributed by atoms with Crippen molar-refractivity contribution in [2.24, 2.45) is 0 Å². The smallest absolute Gasteiger partial charge is 0.253 e. The van der Waals surface area contributed by atoms with E-state index in [0.29, 0.717) is 12.1 Å². The molecule has 0 aromatic heterocycles. The first kappa shape index (κ1) is 19.9. The lowest BCUT2D eigenvalue weighted by atomic mass is 10.1. The highest BCUT2D eigenvalue weighted by Crippen LogP contribution is 2.25. The van der Waals surface area contributed by atoms with Crippen molar-refractivity contribution in [1.29, 1.82) is 0 Å². The Morgan fingerprint density at radius 1 is 1.12 bits per heavy atom. The fourth-order valence-corrected chi connectivity index (χ4v) is 5.07. The van der Waals surface area contributed by atoms with Crippen LogP contribution in [-0.4, -0.2) is 49.2 Å². The van der Waals surface area contributed by atoms with E-state index in [1.807, 2.05) is 25.7 Å². The number of hydrogen-bond acceptors (Lipinski definition) is 3. The molecule has 1 fully saturated rings. The molecule has 1 amide bonds. The number of piperidine rings is 1. The molecule has 1 saturated heterocycles. The van der Waals surface area contributed by atoms with E-state index in [-0.39, 0.29) is 16.8 Å². The van der Waals surface area contributed by atoms with Crippen LogP contribution in [-0.2, 0) is 10.0 Å². The molecule has 1 aromatic rings. The number of hydrogen-bond donors (Lipinski definition) is 0. The molecule has 140 valence electrons. The Morgan fingerprint density at radius 2 is 1.72 bits per heavy atom. The highest BCUT2D eigenvalue weighted by Gasteiger charge is 2.31. The highest BCUT2D eigenvalue weighted by molar-refractivity contribution is 7.89. The SMILES string of the molecule is CCCN(CCC)C(=O)c1ccc(S(=O)(=O)N2CCCCC2C)cc1. The van der Waals surface area contributed by atoms with E-state index < -0.39 is 10.0 Å². The number of benzene rings is 1. The molecule has 0 radical (unpaired) electrons. The third kappa shape index (κ3) is 4.61. The molecule has 5 nitrogen and oxygen atoms in total. The molecule has 6 heteroatoms. The van der Waals surface area contributed by atoms with Crippen molar-refractivity contribution in [1.82, 2.24) is 9.21 Å². The van der Waals surface area contributed by atoms with Gasteiger partial charge in [0.1, 0.15) is 0 Å². The Balaban J connectivity index is 2.19. The fraction of sp³-hybridized carbons (Fsp3) is 0.632. The summed E-state index contributed by atoms with van der Waals surface area (Å²) in [5.41, 5.74) is 0.549. The van der Waals surface area contributed by atoms with E-state index in [0.717, 1.165) is 45.2 Å². The number of amides is 1. The van der Waals surface area contributed by atoms with Gasteiger partial charge in [-0.2, -0.15) is 4.31 Å². The summed E-state index contributed by atoms with van der Waals surface area (Å²) in [5.74, 6) is -0.0287. The van der Waals surface area contributed by atoms with Crippen LogP contribution in [0.15, 0.2) is 29.2 Å². The van der Waals surface area contributed by atoms with Crippen molar-refractivity contribution < 1.29 is 13.2 Å². The molecule has 1 aliphatic rings. The molecule has 0 aliphatic carbocycles. The van der Waals surface area contributed by atoms with E-state index in [9.17, 15) is 13.2 Å². The Morgan fingerprint density at radius 3 is 2.24 bits per heavy atom. The van der Waals surface area contributed by atoms with Crippen LogP contribution >= 0.6 is 0 Å². The number of carbonyl (C=O) groups excluding carboxylic acids is 1. The van der Waals surface area contributed by atoms with Crippen LogP contribution < -0.4 is 0 Å². The first-order chi connectivity index (χ1) is 11.9. The zero-order valence-corrected chi connectivity index (χ0v) is 16.4. The summed E-state index contributed by atoms with van der Waals surface area (Å²) in [6.45, 7) is 8.07. The van der Waals surface area contributed by atoms with Crippen molar-refractivity contribution in [3.05, 3.63) is 29.8 Å². The second-order valence-corrected chi connectivity index (χ2v) is 8.67. The summed E-state index contributed by atoms with van der Waals surface area (Å²) in [7, 11) is -3.49. The minimum absolute atomic E-state index is 0.0287. The topological polar surface area (TPSA) is 57.7 Å². The Kier molecular flexibility index (Phi) is 7.02. The molecule has 2 rings (SSSR count). The molecule has 1 unspecified atom stereocenters. The molecule has 1 heterocycles. The number of nitrogens with zero attached hydrogens (tertiary/aromatic N) is 2. The molecule has 0 saturated carbocycles. The zero-order chi connectivity index (χ0) is 18.4. The molecule has 1 aliphatic heterocycles. The van der Waals surface area contributed by atoms with Crippen molar-refractivity contribution >= 4 is 15.9 Å². The van der Waals surface area contributed by atoms with Crippen LogP contribution in [0.2, 0.25) is 0 Å². The third-order valence-corrected chi connectivity index (χ3v) is 6.75. The average molecular weight is 367 g/mol. The lowest BCUT2D eigenvalue weighted by Gasteiger charge is -2.32. The van der Waals surface area contributed by atoms with Gasteiger partial charge in [-0.15, -0.1) is 0 Å². The van der Waals surface area contributed by atoms with Gasteiger partial charge in [0.05, 0.1) is 4.90 Å². The van der Waals surface area contributed by atoms with Crippen molar-refractivity contribution in [2.75, 3.05) is 19.6 Å². The Hall–Kier alpha value is -1.40. The van der Waals surface area contributed by atoms with Crippen LogP contribution in [0, 0.1) is 0 Å². The molecule has 0 bridgehead atoms. The van der Waals surface area contributed by atoms with Crippen LogP contribution in [0.25, 0.3) is 0 Å². The van der Waals surface area contributed by atoms with Gasteiger partial charge in [-0.25, -0.2) is 8.42 Å². The highest BCUT2D eigenvalue weighted by atomic mass is 32.2. The van der Waals surface area contributed by atoms with Crippen molar-refractivity contribution in [3.63, 3.8) is 0 Å². The average Bonchev–Trinajstić information content (AvgIpc) is 2.61. The number of carbonyl (C=O) groups is 1. The van der Waals surface area contributed by atoms with Gasteiger partial charge in [0, 0.05) is 31.2 Å².